The van der Waals surface area contributed by atoms with Crippen molar-refractivity contribution in [2.24, 2.45) is 0 Å². The van der Waals surface area contributed by atoms with Crippen molar-refractivity contribution >= 4 is 27.6 Å². The Morgan fingerprint density at radius 3 is 2.63 bits per heavy atom. The number of nitrogens with zero attached hydrogens (tertiary/aromatic N) is 3. The van der Waals surface area contributed by atoms with E-state index in [1.54, 1.807) is 13.0 Å². The third kappa shape index (κ3) is 4.11. The molecule has 1 atom stereocenters. The van der Waals surface area contributed by atoms with Crippen LogP contribution in [0.5, 0.6) is 5.75 Å². The van der Waals surface area contributed by atoms with E-state index in [0.29, 0.717) is 10.0 Å². The fraction of sp³-hybridized carbons (Fsp3) is 0.118. The lowest BCUT2D eigenvalue weighted by Crippen LogP contribution is -2.10. The van der Waals surface area contributed by atoms with Crippen LogP contribution >= 0.6 is 15.9 Å². The van der Waals surface area contributed by atoms with Crippen LogP contribution in [-0.4, -0.2) is 26.2 Å². The normalized spacial score (nSPS) is 11.8. The van der Waals surface area contributed by atoms with Crippen molar-refractivity contribution in [3.63, 3.8) is 0 Å². The number of nitro benzene ring substituents is 1. The van der Waals surface area contributed by atoms with Gasteiger partial charge in [-0.15, -0.1) is 10.2 Å². The second-order valence-corrected chi connectivity index (χ2v) is 6.37. The second-order valence-electron chi connectivity index (χ2n) is 5.46. The average molecular weight is 434 g/mol. The molecule has 1 heterocycles. The molecule has 0 aliphatic heterocycles. The molecule has 138 valence electrons. The fourth-order valence-electron chi connectivity index (χ4n) is 2.19. The minimum Gasteiger partial charge on any atom is -0.507 e. The van der Waals surface area contributed by atoms with E-state index >= 15 is 0 Å². The Bertz CT molecular complexity index is 1000. The number of non-ortho nitro benzene ring substituents is 1. The molecule has 9 nitrogen and oxygen atoms in total. The van der Waals surface area contributed by atoms with Gasteiger partial charge in [0.15, 0.2) is 6.10 Å². The van der Waals surface area contributed by atoms with Crippen molar-refractivity contribution < 1.29 is 24.0 Å². The number of aromatic hydroxyl groups is 1. The van der Waals surface area contributed by atoms with Crippen LogP contribution in [0.3, 0.4) is 0 Å². The molecule has 0 saturated carbocycles. The van der Waals surface area contributed by atoms with E-state index in [4.69, 9.17) is 9.15 Å². The maximum Gasteiger partial charge on any atom is 0.342 e. The smallest absolute Gasteiger partial charge is 0.342 e. The largest absolute Gasteiger partial charge is 0.507 e. The lowest BCUT2D eigenvalue weighted by Gasteiger charge is -2.10. The van der Waals surface area contributed by atoms with E-state index in [1.165, 1.54) is 36.4 Å². The summed E-state index contributed by atoms with van der Waals surface area (Å²) >= 11 is 3.22. The number of esters is 1. The summed E-state index contributed by atoms with van der Waals surface area (Å²) in [6.07, 6.45) is -0.866. The van der Waals surface area contributed by atoms with E-state index < -0.39 is 17.0 Å². The zero-order valence-corrected chi connectivity index (χ0v) is 15.4. The number of rotatable bonds is 5. The van der Waals surface area contributed by atoms with Gasteiger partial charge in [0.1, 0.15) is 11.3 Å². The third-order valence-electron chi connectivity index (χ3n) is 3.58. The van der Waals surface area contributed by atoms with Gasteiger partial charge in [0.05, 0.1) is 4.92 Å². The Hall–Kier alpha value is -3.27. The van der Waals surface area contributed by atoms with Crippen molar-refractivity contribution in [1.82, 2.24) is 10.2 Å². The van der Waals surface area contributed by atoms with Crippen molar-refractivity contribution in [2.45, 2.75) is 13.0 Å². The van der Waals surface area contributed by atoms with E-state index in [-0.39, 0.29) is 28.8 Å². The molecule has 0 aliphatic rings. The first kappa shape index (κ1) is 18.5. The lowest BCUT2D eigenvalue weighted by molar-refractivity contribution is -0.384. The molecule has 0 saturated heterocycles. The zero-order chi connectivity index (χ0) is 19.6. The number of hydrogen-bond donors (Lipinski definition) is 1. The SMILES string of the molecule is C[C@H](OC(=O)c1cc(Br)ccc1O)c1nnc(-c2ccc([N+](=O)[O-])cc2)o1. The highest BCUT2D eigenvalue weighted by molar-refractivity contribution is 9.10. The Balaban J connectivity index is 1.74. The summed E-state index contributed by atoms with van der Waals surface area (Å²) in [6, 6.07) is 9.98. The Labute approximate surface area is 160 Å². The van der Waals surface area contributed by atoms with Crippen molar-refractivity contribution in [3.05, 3.63) is 68.5 Å². The summed E-state index contributed by atoms with van der Waals surface area (Å²) in [6.45, 7) is 1.54. The molecular weight excluding hydrogens is 422 g/mol. The molecule has 3 aromatic rings. The number of carbonyl (C=O) groups excluding carboxylic acids is 1. The number of halogens is 1. The summed E-state index contributed by atoms with van der Waals surface area (Å²) in [5.74, 6) is -0.789. The molecular formula is C17H12BrN3O6. The maximum absolute atomic E-state index is 12.2. The van der Waals surface area contributed by atoms with Crippen molar-refractivity contribution in [1.29, 1.82) is 0 Å². The number of ether oxygens (including phenoxy) is 1. The van der Waals surface area contributed by atoms with Gasteiger partial charge in [-0.1, -0.05) is 15.9 Å². The highest BCUT2D eigenvalue weighted by Crippen LogP contribution is 2.27. The zero-order valence-electron chi connectivity index (χ0n) is 13.8. The Kier molecular flexibility index (Phi) is 5.17. The van der Waals surface area contributed by atoms with Gasteiger partial charge in [-0.05, 0) is 37.3 Å². The monoisotopic (exact) mass is 433 g/mol. The first-order valence-corrected chi connectivity index (χ1v) is 8.42. The first-order valence-electron chi connectivity index (χ1n) is 7.63. The second kappa shape index (κ2) is 7.54. The molecule has 1 aromatic heterocycles. The van der Waals surface area contributed by atoms with Gasteiger partial charge in [-0.3, -0.25) is 10.1 Å². The number of benzene rings is 2. The van der Waals surface area contributed by atoms with Crippen LogP contribution in [0.25, 0.3) is 11.5 Å². The molecule has 10 heteroatoms. The number of phenols is 1. The standard InChI is InChI=1S/C17H12BrN3O6/c1-9(26-17(23)13-8-11(18)4-7-14(13)22)15-19-20-16(27-15)10-2-5-12(6-3-10)21(24)25/h2-9,22H,1H3/t9-/m0/s1. The number of nitro groups is 1. The minimum absolute atomic E-state index is 0.00803. The summed E-state index contributed by atoms with van der Waals surface area (Å²) in [7, 11) is 0. The van der Waals surface area contributed by atoms with Crippen LogP contribution in [0.2, 0.25) is 0 Å². The van der Waals surface area contributed by atoms with Gasteiger partial charge in [0.25, 0.3) is 11.6 Å². The summed E-state index contributed by atoms with van der Waals surface area (Å²) in [5, 5.41) is 28.2. The van der Waals surface area contributed by atoms with Crippen LogP contribution in [0.4, 0.5) is 5.69 Å². The number of carbonyl (C=O) groups is 1. The van der Waals surface area contributed by atoms with E-state index in [0.717, 1.165) is 0 Å². The molecule has 0 radical (unpaired) electrons. The van der Waals surface area contributed by atoms with E-state index in [2.05, 4.69) is 26.1 Å². The lowest BCUT2D eigenvalue weighted by atomic mass is 10.2. The predicted octanol–water partition coefficient (Wildman–Crippen LogP) is 4.03. The van der Waals surface area contributed by atoms with E-state index in [1.807, 2.05) is 0 Å². The highest BCUT2D eigenvalue weighted by atomic mass is 79.9. The Morgan fingerprint density at radius 2 is 1.96 bits per heavy atom. The minimum atomic E-state index is -0.866. The molecule has 1 N–H and O–H groups in total. The molecule has 0 fully saturated rings. The van der Waals surface area contributed by atoms with Gasteiger partial charge >= 0.3 is 5.97 Å². The Morgan fingerprint density at radius 1 is 1.26 bits per heavy atom. The molecule has 2 aromatic carbocycles. The fourth-order valence-corrected chi connectivity index (χ4v) is 2.55. The first-order chi connectivity index (χ1) is 12.8. The molecule has 0 unspecified atom stereocenters. The maximum atomic E-state index is 12.2. The van der Waals surface area contributed by atoms with Crippen LogP contribution in [0, 0.1) is 10.1 Å². The van der Waals surface area contributed by atoms with Crippen molar-refractivity contribution in [3.8, 4) is 17.2 Å². The van der Waals surface area contributed by atoms with E-state index in [9.17, 15) is 20.0 Å². The number of phenolic OH excluding ortho intramolecular Hbond substituents is 1. The van der Waals surface area contributed by atoms with Gasteiger partial charge in [0, 0.05) is 22.2 Å². The number of aromatic nitrogens is 2. The van der Waals surface area contributed by atoms with Gasteiger partial charge in [0.2, 0.25) is 5.89 Å². The van der Waals surface area contributed by atoms with Crippen molar-refractivity contribution in [2.75, 3.05) is 0 Å². The van der Waals surface area contributed by atoms with Crippen LogP contribution in [-0.2, 0) is 4.74 Å². The third-order valence-corrected chi connectivity index (χ3v) is 4.07. The quantitative estimate of drug-likeness (QED) is 0.362. The predicted molar refractivity (Wildman–Crippen MR) is 96.0 cm³/mol. The van der Waals surface area contributed by atoms with Gasteiger partial charge in [-0.25, -0.2) is 4.79 Å². The molecule has 0 amide bonds. The molecule has 0 aliphatic carbocycles. The van der Waals surface area contributed by atoms with Crippen LogP contribution in [0.15, 0.2) is 51.4 Å². The highest BCUT2D eigenvalue weighted by Gasteiger charge is 2.22. The topological polar surface area (TPSA) is 129 Å². The number of hydrogen-bond acceptors (Lipinski definition) is 8. The molecule has 27 heavy (non-hydrogen) atoms. The average Bonchev–Trinajstić information content (AvgIpc) is 3.14. The molecule has 0 spiro atoms. The van der Waals surface area contributed by atoms with Crippen LogP contribution in [0.1, 0.15) is 29.3 Å². The summed E-state index contributed by atoms with van der Waals surface area (Å²) in [5.41, 5.74) is 0.420. The van der Waals surface area contributed by atoms with Crippen LogP contribution < -0.4 is 0 Å². The van der Waals surface area contributed by atoms with Gasteiger partial charge in [-0.2, -0.15) is 0 Å². The van der Waals surface area contributed by atoms with Gasteiger partial charge < -0.3 is 14.3 Å². The molecule has 0 bridgehead atoms. The molecule has 3 rings (SSSR count). The summed E-state index contributed by atoms with van der Waals surface area (Å²) in [4.78, 5) is 22.4. The summed E-state index contributed by atoms with van der Waals surface area (Å²) < 4.78 is 11.3.